The second kappa shape index (κ2) is 21.4. The Bertz CT molecular complexity index is 2440. The molecular formula is C53H72F2N10O5. The minimum Gasteiger partial charge on any atom is -0.474 e. The van der Waals surface area contributed by atoms with E-state index in [0.717, 1.165) is 82.4 Å². The largest absolute Gasteiger partial charge is 0.474 e. The Hall–Kier alpha value is -5.03. The maximum atomic E-state index is 16.8. The second-order valence-electron chi connectivity index (χ2n) is 21.5. The van der Waals surface area contributed by atoms with E-state index in [0.29, 0.717) is 113 Å². The maximum Gasteiger partial charge on any atom is 0.229 e. The summed E-state index contributed by atoms with van der Waals surface area (Å²) in [7, 11) is 1.73. The number of hydrogen-bond acceptors (Lipinski definition) is 12. The number of oxazole rings is 1. The van der Waals surface area contributed by atoms with Gasteiger partial charge < -0.3 is 34.3 Å². The van der Waals surface area contributed by atoms with Crippen molar-refractivity contribution in [3.63, 3.8) is 0 Å². The number of nitrogens with one attached hydrogen (secondary N) is 2. The fourth-order valence-corrected chi connectivity index (χ4v) is 11.5. The predicted molar refractivity (Wildman–Crippen MR) is 258 cm³/mol. The van der Waals surface area contributed by atoms with Gasteiger partial charge in [0.1, 0.15) is 35.7 Å². The zero-order chi connectivity index (χ0) is 48.2. The van der Waals surface area contributed by atoms with Crippen LogP contribution >= 0.6 is 0 Å². The number of carbonyl (C=O) groups excluding carboxylic acids is 2. The summed E-state index contributed by atoms with van der Waals surface area (Å²) < 4.78 is 51.8. The van der Waals surface area contributed by atoms with Crippen LogP contribution in [0.4, 0.5) is 8.78 Å². The summed E-state index contributed by atoms with van der Waals surface area (Å²) in [5.41, 5.74) is 3.69. The average Bonchev–Trinajstić information content (AvgIpc) is 3.79. The van der Waals surface area contributed by atoms with Gasteiger partial charge >= 0.3 is 0 Å². The molecule has 0 saturated heterocycles. The zero-order valence-electron chi connectivity index (χ0n) is 41.2. The Morgan fingerprint density at radius 2 is 1.40 bits per heavy atom. The van der Waals surface area contributed by atoms with Crippen molar-refractivity contribution in [2.45, 2.75) is 183 Å². The molecule has 10 rings (SSSR count). The van der Waals surface area contributed by atoms with E-state index in [1.165, 1.54) is 27.9 Å². The lowest BCUT2D eigenvalue weighted by Gasteiger charge is -2.36. The normalized spacial score (nSPS) is 26.7. The molecule has 0 spiro atoms. The van der Waals surface area contributed by atoms with Gasteiger partial charge in [0.25, 0.3) is 0 Å². The van der Waals surface area contributed by atoms with Crippen molar-refractivity contribution in [3.05, 3.63) is 76.0 Å². The van der Waals surface area contributed by atoms with Gasteiger partial charge in [0.2, 0.25) is 29.5 Å². The lowest BCUT2D eigenvalue weighted by molar-refractivity contribution is -0.122. The van der Waals surface area contributed by atoms with Crippen LogP contribution in [0.1, 0.15) is 154 Å². The molecule has 0 bridgehead atoms. The van der Waals surface area contributed by atoms with Gasteiger partial charge in [-0.3, -0.25) is 9.59 Å². The van der Waals surface area contributed by atoms with Crippen molar-refractivity contribution in [2.75, 3.05) is 39.3 Å². The maximum absolute atomic E-state index is 16.8. The number of rotatable bonds is 17. The average molecular weight is 967 g/mol. The van der Waals surface area contributed by atoms with E-state index in [1.807, 2.05) is 6.07 Å². The third-order valence-corrected chi connectivity index (χ3v) is 16.3. The van der Waals surface area contributed by atoms with E-state index >= 15 is 8.78 Å². The number of pyridine rings is 2. The number of ether oxygens (including phenoxy) is 2. The van der Waals surface area contributed by atoms with Crippen LogP contribution < -0.4 is 20.1 Å². The minimum absolute atomic E-state index is 0.0535. The van der Waals surface area contributed by atoms with Crippen LogP contribution in [0.5, 0.6) is 11.8 Å². The molecule has 0 aromatic carbocycles. The Morgan fingerprint density at radius 1 is 0.771 bits per heavy atom. The molecular weight excluding hydrogens is 895 g/mol. The lowest BCUT2D eigenvalue weighted by atomic mass is 9.81. The number of carbonyl (C=O) groups is 2. The molecule has 4 fully saturated rings. The zero-order valence-corrected chi connectivity index (χ0v) is 41.2. The quantitative estimate of drug-likeness (QED) is 0.112. The van der Waals surface area contributed by atoms with E-state index in [9.17, 15) is 9.59 Å². The van der Waals surface area contributed by atoms with Gasteiger partial charge in [-0.2, -0.15) is 15.0 Å². The first-order chi connectivity index (χ1) is 33.9. The highest BCUT2D eigenvalue weighted by atomic mass is 19.1. The molecule has 4 aliphatic carbocycles. The van der Waals surface area contributed by atoms with Crippen LogP contribution in [0.2, 0.25) is 0 Å². The predicted octanol–water partition coefficient (Wildman–Crippen LogP) is 6.95. The number of nitrogens with zero attached hydrogens (tertiary/aromatic N) is 8. The SMILES string of the molecule is Cc1cnc(CC(=O)NC2CCC(F)(CCN3CCc4nc(OC5CCC5)cc(C5CN(CCC6(F)CCC(NC(=O)Cc7cnn(C)n7)CC6)CCc6ccc(OC7CCC7)nc65)c4CC3)CC2)o1. The number of fused-ring (bicyclic) bond motifs is 2. The summed E-state index contributed by atoms with van der Waals surface area (Å²) in [4.78, 5) is 46.5. The Morgan fingerprint density at radius 3 is 2.01 bits per heavy atom. The fourth-order valence-electron chi connectivity index (χ4n) is 11.5. The van der Waals surface area contributed by atoms with Gasteiger partial charge in [0.15, 0.2) is 0 Å². The number of halogens is 2. The topological polar surface area (TPSA) is 166 Å². The standard InChI is InChI=1S/C53H72F2N10O5/c1-35-32-56-49(68-35)31-47(67)59-38-13-18-52(54,19-14-38)22-27-64-25-16-42-43(30-50(60-45(42)17-26-64)70-41-7-4-8-41)44-34-65(24-15-36-9-10-48(61-51(36)44)69-40-5-3-6-40)28-23-53(55)20-11-37(12-21-53)58-46(66)29-39-33-57-63(2)62-39/h9-10,30,32-33,37-38,40-41,44H,3-8,11-29,31,34H2,1-2H3,(H,58,66)(H,59,67). The first-order valence-electron chi connectivity index (χ1n) is 26.4. The molecule has 2 N–H and O–H groups in total. The van der Waals surface area contributed by atoms with Gasteiger partial charge in [-0.25, -0.2) is 23.7 Å². The molecule has 378 valence electrons. The van der Waals surface area contributed by atoms with E-state index < -0.39 is 11.3 Å². The molecule has 70 heavy (non-hydrogen) atoms. The van der Waals surface area contributed by atoms with E-state index in [4.69, 9.17) is 23.9 Å². The summed E-state index contributed by atoms with van der Waals surface area (Å²) in [5, 5.41) is 14.5. The van der Waals surface area contributed by atoms with E-state index in [-0.39, 0.29) is 54.9 Å². The third kappa shape index (κ3) is 12.2. The van der Waals surface area contributed by atoms with Gasteiger partial charge in [0.05, 0.1) is 30.2 Å². The molecule has 6 aliphatic rings. The second-order valence-corrected chi connectivity index (χ2v) is 21.5. The van der Waals surface area contributed by atoms with Crippen LogP contribution in [-0.4, -0.2) is 126 Å². The van der Waals surface area contributed by atoms with Crippen molar-refractivity contribution >= 4 is 11.8 Å². The molecule has 4 aromatic rings. The molecule has 4 aromatic heterocycles. The highest BCUT2D eigenvalue weighted by molar-refractivity contribution is 5.78. The molecule has 1 atom stereocenters. The Labute approximate surface area is 410 Å². The number of aryl methyl sites for hydroxylation is 2. The fraction of sp³-hybridized carbons (Fsp3) is 0.679. The summed E-state index contributed by atoms with van der Waals surface area (Å²) in [6, 6.07) is 6.30. The van der Waals surface area contributed by atoms with Crippen LogP contribution in [0.3, 0.4) is 0 Å². The van der Waals surface area contributed by atoms with Crippen LogP contribution in [0, 0.1) is 6.92 Å². The number of hydrogen-bond donors (Lipinski definition) is 2. The van der Waals surface area contributed by atoms with Crippen molar-refractivity contribution in [1.29, 1.82) is 0 Å². The smallest absolute Gasteiger partial charge is 0.229 e. The van der Waals surface area contributed by atoms with Crippen molar-refractivity contribution < 1.29 is 32.3 Å². The van der Waals surface area contributed by atoms with Crippen LogP contribution in [0.25, 0.3) is 0 Å². The molecule has 2 amide bonds. The van der Waals surface area contributed by atoms with Gasteiger partial charge in [-0.1, -0.05) is 6.07 Å². The molecule has 1 unspecified atom stereocenters. The summed E-state index contributed by atoms with van der Waals surface area (Å²) in [6.07, 6.45) is 17.5. The Kier molecular flexibility index (Phi) is 14.8. The van der Waals surface area contributed by atoms with Crippen molar-refractivity contribution in [1.82, 2.24) is 50.4 Å². The lowest BCUT2D eigenvalue weighted by Crippen LogP contribution is -2.43. The Balaban J connectivity index is 0.820. The first kappa shape index (κ1) is 48.6. The third-order valence-electron chi connectivity index (χ3n) is 16.3. The van der Waals surface area contributed by atoms with Crippen molar-refractivity contribution in [2.24, 2.45) is 7.05 Å². The minimum atomic E-state index is -1.31. The van der Waals surface area contributed by atoms with Gasteiger partial charge in [-0.05, 0) is 139 Å². The van der Waals surface area contributed by atoms with Gasteiger partial charge in [0, 0.05) is 88.6 Å². The van der Waals surface area contributed by atoms with Crippen molar-refractivity contribution in [3.8, 4) is 11.8 Å². The highest BCUT2D eigenvalue weighted by Crippen LogP contribution is 2.41. The first-order valence-corrected chi connectivity index (χ1v) is 26.4. The number of amides is 2. The summed E-state index contributed by atoms with van der Waals surface area (Å²) in [6.45, 7) is 6.09. The number of aromatic nitrogens is 6. The highest BCUT2D eigenvalue weighted by Gasteiger charge is 2.39. The molecule has 15 nitrogen and oxygen atoms in total. The summed E-state index contributed by atoms with van der Waals surface area (Å²) in [5.74, 6) is 2.03. The van der Waals surface area contributed by atoms with Crippen LogP contribution in [0.15, 0.2) is 35.0 Å². The number of alkyl halides is 2. The van der Waals surface area contributed by atoms with E-state index in [1.54, 1.807) is 26.4 Å². The molecule has 17 heteroatoms. The van der Waals surface area contributed by atoms with Crippen LogP contribution in [-0.2, 0) is 48.7 Å². The van der Waals surface area contributed by atoms with Gasteiger partial charge in [-0.15, -0.1) is 0 Å². The molecule has 6 heterocycles. The molecule has 2 aliphatic heterocycles. The monoisotopic (exact) mass is 967 g/mol. The molecule has 0 radical (unpaired) electrons. The molecule has 4 saturated carbocycles. The van der Waals surface area contributed by atoms with E-state index in [2.05, 4.69) is 47.7 Å². The summed E-state index contributed by atoms with van der Waals surface area (Å²) >= 11 is 0.